The Labute approximate surface area is 126 Å². The fourth-order valence-corrected chi connectivity index (χ4v) is 3.62. The summed E-state index contributed by atoms with van der Waals surface area (Å²) in [5.41, 5.74) is 8.36. The first-order valence-electron chi connectivity index (χ1n) is 7.70. The summed E-state index contributed by atoms with van der Waals surface area (Å²) in [6.07, 6.45) is 3.52. The summed E-state index contributed by atoms with van der Waals surface area (Å²) in [5, 5.41) is 10.5. The van der Waals surface area contributed by atoms with Crippen LogP contribution in [0.15, 0.2) is 36.4 Å². The number of guanidine groups is 1. The lowest BCUT2D eigenvalue weighted by atomic mass is 9.78. The molecular formula is C18H23N3. The lowest BCUT2D eigenvalue weighted by Crippen LogP contribution is -2.39. The van der Waals surface area contributed by atoms with E-state index in [1.54, 1.807) is 0 Å². The highest BCUT2D eigenvalue weighted by Gasteiger charge is 2.40. The lowest BCUT2D eigenvalue weighted by Gasteiger charge is -2.26. The van der Waals surface area contributed by atoms with Crippen molar-refractivity contribution in [2.45, 2.75) is 38.5 Å². The predicted molar refractivity (Wildman–Crippen MR) is 90.1 cm³/mol. The van der Waals surface area contributed by atoms with Gasteiger partial charge in [-0.3, -0.25) is 5.41 Å². The van der Waals surface area contributed by atoms with Crippen molar-refractivity contribution in [1.82, 2.24) is 0 Å². The number of hydrogen-bond donors (Lipinski definition) is 2. The molecule has 0 amide bonds. The van der Waals surface area contributed by atoms with Crippen LogP contribution in [0.3, 0.4) is 0 Å². The van der Waals surface area contributed by atoms with Gasteiger partial charge in [0.05, 0.1) is 0 Å². The van der Waals surface area contributed by atoms with Crippen LogP contribution < -0.4 is 10.6 Å². The molecule has 0 aliphatic carbocycles. The molecule has 0 saturated heterocycles. The number of unbranched alkanes of at least 4 members (excludes halogenated alkanes) is 1. The van der Waals surface area contributed by atoms with Crippen LogP contribution in [0.25, 0.3) is 10.8 Å². The molecule has 3 rings (SSSR count). The largest absolute Gasteiger partial charge is 0.370 e. The summed E-state index contributed by atoms with van der Waals surface area (Å²) in [5.74, 6) is 0.145. The fraction of sp³-hybridized carbons (Fsp3) is 0.389. The van der Waals surface area contributed by atoms with Crippen molar-refractivity contribution in [1.29, 1.82) is 5.41 Å². The summed E-state index contributed by atoms with van der Waals surface area (Å²) in [7, 11) is 0. The van der Waals surface area contributed by atoms with E-state index in [4.69, 9.17) is 11.1 Å². The van der Waals surface area contributed by atoms with Crippen molar-refractivity contribution in [2.75, 3.05) is 11.4 Å². The second-order valence-electron chi connectivity index (χ2n) is 6.32. The number of fused-ring (bicyclic) bond motifs is 3. The van der Waals surface area contributed by atoms with Crippen LogP contribution in [0.5, 0.6) is 0 Å². The normalized spacial score (nSPS) is 20.8. The Kier molecular flexibility index (Phi) is 3.36. The summed E-state index contributed by atoms with van der Waals surface area (Å²) < 4.78 is 0. The molecule has 0 radical (unpaired) electrons. The molecule has 0 fully saturated rings. The SMILES string of the molecule is CCCCC1(C)CN(C(=N)N)c2ccc3ccccc3c21. The highest BCUT2D eigenvalue weighted by Crippen LogP contribution is 2.47. The van der Waals surface area contributed by atoms with E-state index in [1.807, 2.05) is 4.90 Å². The number of anilines is 1. The minimum Gasteiger partial charge on any atom is -0.370 e. The molecule has 21 heavy (non-hydrogen) atoms. The van der Waals surface area contributed by atoms with Gasteiger partial charge in [-0.25, -0.2) is 0 Å². The number of nitrogens with two attached hydrogens (primary N) is 1. The highest BCUT2D eigenvalue weighted by atomic mass is 15.3. The molecule has 1 heterocycles. The van der Waals surface area contributed by atoms with E-state index >= 15 is 0 Å². The molecule has 3 nitrogen and oxygen atoms in total. The Morgan fingerprint density at radius 1 is 1.29 bits per heavy atom. The fourth-order valence-electron chi connectivity index (χ4n) is 3.62. The van der Waals surface area contributed by atoms with Crippen molar-refractivity contribution in [2.24, 2.45) is 5.73 Å². The summed E-state index contributed by atoms with van der Waals surface area (Å²) >= 11 is 0. The zero-order valence-corrected chi connectivity index (χ0v) is 12.8. The van der Waals surface area contributed by atoms with Crippen molar-refractivity contribution >= 4 is 22.4 Å². The van der Waals surface area contributed by atoms with Crippen LogP contribution in [-0.4, -0.2) is 12.5 Å². The second-order valence-corrected chi connectivity index (χ2v) is 6.32. The van der Waals surface area contributed by atoms with Gasteiger partial charge in [0, 0.05) is 17.6 Å². The molecule has 0 spiro atoms. The molecule has 1 aliphatic heterocycles. The smallest absolute Gasteiger partial charge is 0.192 e. The monoisotopic (exact) mass is 281 g/mol. The van der Waals surface area contributed by atoms with Gasteiger partial charge < -0.3 is 10.6 Å². The molecule has 1 unspecified atom stereocenters. The standard InChI is InChI=1S/C18H23N3/c1-3-4-11-18(2)12-21(17(19)20)15-10-9-13-7-5-6-8-14(13)16(15)18/h5-10H,3-4,11-12H2,1-2H3,(H3,19,20). The Hall–Kier alpha value is -2.03. The first-order valence-corrected chi connectivity index (χ1v) is 7.70. The van der Waals surface area contributed by atoms with Crippen LogP contribution in [0.1, 0.15) is 38.7 Å². The third-order valence-corrected chi connectivity index (χ3v) is 4.68. The molecule has 0 saturated carbocycles. The topological polar surface area (TPSA) is 53.1 Å². The Bertz CT molecular complexity index is 692. The number of nitrogens with zero attached hydrogens (tertiary/aromatic N) is 1. The zero-order chi connectivity index (χ0) is 15.0. The van der Waals surface area contributed by atoms with E-state index < -0.39 is 0 Å². The van der Waals surface area contributed by atoms with Gasteiger partial charge in [-0.2, -0.15) is 0 Å². The van der Waals surface area contributed by atoms with E-state index in [0.717, 1.165) is 18.7 Å². The van der Waals surface area contributed by atoms with Gasteiger partial charge in [-0.1, -0.05) is 57.0 Å². The maximum atomic E-state index is 7.89. The first-order chi connectivity index (χ1) is 10.1. The van der Waals surface area contributed by atoms with Crippen molar-refractivity contribution in [3.05, 3.63) is 42.0 Å². The van der Waals surface area contributed by atoms with Crippen molar-refractivity contribution < 1.29 is 0 Å². The quantitative estimate of drug-likeness (QED) is 0.660. The zero-order valence-electron chi connectivity index (χ0n) is 12.8. The molecule has 0 bridgehead atoms. The van der Waals surface area contributed by atoms with E-state index in [0.29, 0.717) is 0 Å². The number of rotatable bonds is 3. The Morgan fingerprint density at radius 3 is 2.76 bits per heavy atom. The van der Waals surface area contributed by atoms with Crippen LogP contribution in [0.2, 0.25) is 0 Å². The second kappa shape index (κ2) is 5.06. The van der Waals surface area contributed by atoms with Gasteiger partial charge in [0.25, 0.3) is 0 Å². The Balaban J connectivity index is 2.22. The maximum Gasteiger partial charge on any atom is 0.192 e. The van der Waals surface area contributed by atoms with E-state index in [-0.39, 0.29) is 11.4 Å². The van der Waals surface area contributed by atoms with Crippen molar-refractivity contribution in [3.63, 3.8) is 0 Å². The first kappa shape index (κ1) is 13.9. The average molecular weight is 281 g/mol. The number of benzene rings is 2. The molecule has 1 aliphatic rings. The predicted octanol–water partition coefficient (Wildman–Crippen LogP) is 4.00. The van der Waals surface area contributed by atoms with E-state index in [9.17, 15) is 0 Å². The van der Waals surface area contributed by atoms with Gasteiger partial charge in [0.15, 0.2) is 5.96 Å². The minimum atomic E-state index is 0.0673. The number of hydrogen-bond acceptors (Lipinski definition) is 1. The Morgan fingerprint density at radius 2 is 2.05 bits per heavy atom. The maximum absolute atomic E-state index is 7.89. The number of nitrogens with one attached hydrogen (secondary N) is 1. The molecule has 110 valence electrons. The highest BCUT2D eigenvalue weighted by molar-refractivity contribution is 6.01. The summed E-state index contributed by atoms with van der Waals surface area (Å²) in [6.45, 7) is 5.35. The van der Waals surface area contributed by atoms with Crippen LogP contribution in [0, 0.1) is 5.41 Å². The van der Waals surface area contributed by atoms with Gasteiger partial charge in [0.2, 0.25) is 0 Å². The van der Waals surface area contributed by atoms with Crippen LogP contribution in [0.4, 0.5) is 5.69 Å². The molecule has 0 aromatic heterocycles. The van der Waals surface area contributed by atoms with Gasteiger partial charge >= 0.3 is 0 Å². The molecule has 3 heteroatoms. The molecule has 2 aromatic carbocycles. The van der Waals surface area contributed by atoms with Gasteiger partial charge in [0.1, 0.15) is 0 Å². The molecule has 2 aromatic rings. The van der Waals surface area contributed by atoms with E-state index in [1.165, 1.54) is 29.2 Å². The lowest BCUT2D eigenvalue weighted by molar-refractivity contribution is 0.451. The molecule has 1 atom stereocenters. The third kappa shape index (κ3) is 2.17. The molecule has 3 N–H and O–H groups in total. The van der Waals surface area contributed by atoms with Crippen LogP contribution >= 0.6 is 0 Å². The van der Waals surface area contributed by atoms with Crippen molar-refractivity contribution in [3.8, 4) is 0 Å². The van der Waals surface area contributed by atoms with Gasteiger partial charge in [-0.15, -0.1) is 0 Å². The third-order valence-electron chi connectivity index (χ3n) is 4.68. The van der Waals surface area contributed by atoms with Gasteiger partial charge in [-0.05, 0) is 28.8 Å². The van der Waals surface area contributed by atoms with E-state index in [2.05, 4.69) is 50.2 Å². The van der Waals surface area contributed by atoms with Crippen LogP contribution in [-0.2, 0) is 5.41 Å². The average Bonchev–Trinajstić information content (AvgIpc) is 2.80. The minimum absolute atomic E-state index is 0.0673. The summed E-state index contributed by atoms with van der Waals surface area (Å²) in [6, 6.07) is 12.8. The summed E-state index contributed by atoms with van der Waals surface area (Å²) in [4.78, 5) is 1.96. The molecular weight excluding hydrogens is 258 g/mol.